The highest BCUT2D eigenvalue weighted by molar-refractivity contribution is 7.12. The van der Waals surface area contributed by atoms with Crippen molar-refractivity contribution in [3.05, 3.63) is 63.4 Å². The van der Waals surface area contributed by atoms with Crippen molar-refractivity contribution >= 4 is 22.9 Å². The number of rotatable bonds is 2. The van der Waals surface area contributed by atoms with Crippen LogP contribution in [-0.4, -0.2) is 5.91 Å². The molecule has 0 spiro atoms. The summed E-state index contributed by atoms with van der Waals surface area (Å²) < 4.78 is 0. The summed E-state index contributed by atoms with van der Waals surface area (Å²) in [6, 6.07) is 10.5. The number of allylic oxidation sites excluding steroid dienone is 2. The summed E-state index contributed by atoms with van der Waals surface area (Å²) in [5.41, 5.74) is 8.33. The van der Waals surface area contributed by atoms with Gasteiger partial charge in [0.2, 0.25) is 5.91 Å². The van der Waals surface area contributed by atoms with E-state index < -0.39 is 0 Å². The van der Waals surface area contributed by atoms with Gasteiger partial charge in [-0.3, -0.25) is 4.79 Å². The number of amides is 1. The second kappa shape index (κ2) is 4.99. The van der Waals surface area contributed by atoms with Gasteiger partial charge < -0.3 is 11.1 Å². The van der Waals surface area contributed by atoms with Crippen molar-refractivity contribution < 1.29 is 4.79 Å². The molecule has 1 aromatic carbocycles. The van der Waals surface area contributed by atoms with Crippen LogP contribution in [0, 0.1) is 12.8 Å². The number of carbonyl (C=O) groups is 1. The van der Waals surface area contributed by atoms with E-state index in [2.05, 4.69) is 36.5 Å². The Bertz CT molecular complexity index is 777. The van der Waals surface area contributed by atoms with Crippen LogP contribution in [0.25, 0.3) is 0 Å². The normalized spacial score (nSPS) is 25.4. The maximum absolute atomic E-state index is 11.5. The smallest absolute Gasteiger partial charge is 0.248 e. The van der Waals surface area contributed by atoms with Gasteiger partial charge in [-0.15, -0.1) is 11.3 Å². The molecule has 1 aromatic heterocycles. The van der Waals surface area contributed by atoms with E-state index in [1.165, 1.54) is 15.3 Å². The molecule has 0 fully saturated rings. The minimum Gasteiger partial charge on any atom is -0.377 e. The van der Waals surface area contributed by atoms with Crippen molar-refractivity contribution in [3.8, 4) is 0 Å². The van der Waals surface area contributed by atoms with Gasteiger partial charge in [0.15, 0.2) is 0 Å². The van der Waals surface area contributed by atoms with Gasteiger partial charge in [0.1, 0.15) is 0 Å². The Morgan fingerprint density at radius 2 is 2.18 bits per heavy atom. The third-order valence-corrected chi connectivity index (χ3v) is 5.80. The van der Waals surface area contributed by atoms with Gasteiger partial charge in [-0.1, -0.05) is 12.2 Å². The number of thiophene rings is 1. The molecule has 4 heteroatoms. The standard InChI is InChI=1S/C18H18N2OS/c1-10-5-8-16(22-10)17-13-4-2-3-12(13)14-9-11(18(19)21)6-7-15(14)20-17/h2-3,5-9,12-13,17,20H,4H2,1H3,(H2,19,21). The third kappa shape index (κ3) is 2.06. The quantitative estimate of drug-likeness (QED) is 0.824. The zero-order chi connectivity index (χ0) is 15.3. The Labute approximate surface area is 133 Å². The molecule has 0 radical (unpaired) electrons. The Morgan fingerprint density at radius 3 is 2.91 bits per heavy atom. The van der Waals surface area contributed by atoms with Crippen LogP contribution < -0.4 is 11.1 Å². The van der Waals surface area contributed by atoms with Gasteiger partial charge in [-0.25, -0.2) is 0 Å². The molecule has 3 N–H and O–H groups in total. The van der Waals surface area contributed by atoms with Crippen LogP contribution in [-0.2, 0) is 0 Å². The molecule has 0 bridgehead atoms. The van der Waals surface area contributed by atoms with Crippen LogP contribution in [0.15, 0.2) is 42.5 Å². The number of primary amides is 1. The summed E-state index contributed by atoms with van der Waals surface area (Å²) in [5.74, 6) is 0.508. The summed E-state index contributed by atoms with van der Waals surface area (Å²) in [6.07, 6.45) is 5.61. The summed E-state index contributed by atoms with van der Waals surface area (Å²) >= 11 is 1.86. The van der Waals surface area contributed by atoms with Crippen molar-refractivity contribution in [1.82, 2.24) is 0 Å². The first-order valence-corrected chi connectivity index (χ1v) is 8.38. The number of anilines is 1. The highest BCUT2D eigenvalue weighted by atomic mass is 32.1. The molecule has 1 amide bonds. The monoisotopic (exact) mass is 310 g/mol. The first-order valence-electron chi connectivity index (χ1n) is 7.57. The molecule has 0 saturated carbocycles. The second-order valence-electron chi connectivity index (χ2n) is 6.09. The topological polar surface area (TPSA) is 55.1 Å². The van der Waals surface area contributed by atoms with Gasteiger partial charge >= 0.3 is 0 Å². The Balaban J connectivity index is 1.78. The van der Waals surface area contributed by atoms with E-state index in [0.717, 1.165) is 12.1 Å². The zero-order valence-electron chi connectivity index (χ0n) is 12.4. The highest BCUT2D eigenvalue weighted by Crippen LogP contribution is 2.50. The maximum Gasteiger partial charge on any atom is 0.248 e. The first-order chi connectivity index (χ1) is 10.6. The van der Waals surface area contributed by atoms with Crippen LogP contribution in [0.3, 0.4) is 0 Å². The van der Waals surface area contributed by atoms with Crippen molar-refractivity contribution in [1.29, 1.82) is 0 Å². The van der Waals surface area contributed by atoms with E-state index in [9.17, 15) is 4.79 Å². The second-order valence-corrected chi connectivity index (χ2v) is 7.41. The van der Waals surface area contributed by atoms with E-state index in [1.807, 2.05) is 29.5 Å². The van der Waals surface area contributed by atoms with Gasteiger partial charge in [0.25, 0.3) is 0 Å². The molecule has 2 aliphatic rings. The minimum atomic E-state index is -0.364. The predicted molar refractivity (Wildman–Crippen MR) is 90.4 cm³/mol. The molecular formula is C18H18N2OS. The maximum atomic E-state index is 11.5. The van der Waals surface area contributed by atoms with E-state index in [4.69, 9.17) is 5.73 Å². The Morgan fingerprint density at radius 1 is 1.32 bits per heavy atom. The summed E-state index contributed by atoms with van der Waals surface area (Å²) in [5, 5.41) is 3.68. The largest absolute Gasteiger partial charge is 0.377 e. The van der Waals surface area contributed by atoms with E-state index in [1.54, 1.807) is 0 Å². The molecule has 4 rings (SSSR count). The van der Waals surface area contributed by atoms with E-state index in [-0.39, 0.29) is 5.91 Å². The van der Waals surface area contributed by atoms with Crippen molar-refractivity contribution in [3.63, 3.8) is 0 Å². The highest BCUT2D eigenvalue weighted by Gasteiger charge is 2.38. The number of nitrogens with two attached hydrogens (primary N) is 1. The third-order valence-electron chi connectivity index (χ3n) is 4.71. The lowest BCUT2D eigenvalue weighted by atomic mass is 9.78. The van der Waals surface area contributed by atoms with Crippen molar-refractivity contribution in [2.75, 3.05) is 5.32 Å². The number of hydrogen-bond acceptors (Lipinski definition) is 3. The fourth-order valence-corrected chi connectivity index (χ4v) is 4.65. The molecule has 2 aromatic rings. The molecular weight excluding hydrogens is 292 g/mol. The average Bonchev–Trinajstić information content (AvgIpc) is 3.14. The molecule has 2 heterocycles. The van der Waals surface area contributed by atoms with Crippen LogP contribution in [0.5, 0.6) is 0 Å². The number of carbonyl (C=O) groups excluding carboxylic acids is 1. The van der Waals surface area contributed by atoms with Crippen LogP contribution in [0.1, 0.15) is 44.1 Å². The number of benzene rings is 1. The number of aryl methyl sites for hydroxylation is 1. The van der Waals surface area contributed by atoms with Gasteiger partial charge in [-0.05, 0) is 55.2 Å². The molecule has 0 saturated heterocycles. The van der Waals surface area contributed by atoms with E-state index >= 15 is 0 Å². The van der Waals surface area contributed by atoms with Crippen LogP contribution in [0.2, 0.25) is 0 Å². The van der Waals surface area contributed by atoms with Gasteiger partial charge in [0.05, 0.1) is 6.04 Å². The lowest BCUT2D eigenvalue weighted by Gasteiger charge is -2.37. The summed E-state index contributed by atoms with van der Waals surface area (Å²) in [7, 11) is 0. The summed E-state index contributed by atoms with van der Waals surface area (Å²) in [4.78, 5) is 14.2. The zero-order valence-corrected chi connectivity index (χ0v) is 13.2. The average molecular weight is 310 g/mol. The van der Waals surface area contributed by atoms with Crippen molar-refractivity contribution in [2.45, 2.75) is 25.3 Å². The molecule has 3 nitrogen and oxygen atoms in total. The molecule has 22 heavy (non-hydrogen) atoms. The number of nitrogens with one attached hydrogen (secondary N) is 1. The molecule has 1 aliphatic carbocycles. The Kier molecular flexibility index (Phi) is 3.08. The summed E-state index contributed by atoms with van der Waals surface area (Å²) in [6.45, 7) is 2.15. The van der Waals surface area contributed by atoms with E-state index in [0.29, 0.717) is 23.4 Å². The van der Waals surface area contributed by atoms with Gasteiger partial charge in [0, 0.05) is 26.9 Å². The fourth-order valence-electron chi connectivity index (χ4n) is 3.65. The van der Waals surface area contributed by atoms with Crippen LogP contribution >= 0.6 is 11.3 Å². The van der Waals surface area contributed by atoms with Gasteiger partial charge in [-0.2, -0.15) is 0 Å². The predicted octanol–water partition coefficient (Wildman–Crippen LogP) is 3.98. The number of fused-ring (bicyclic) bond motifs is 3. The van der Waals surface area contributed by atoms with Crippen LogP contribution in [0.4, 0.5) is 5.69 Å². The fraction of sp³-hybridized carbons (Fsp3) is 0.278. The molecule has 112 valence electrons. The molecule has 1 aliphatic heterocycles. The number of hydrogen-bond donors (Lipinski definition) is 2. The minimum absolute atomic E-state index is 0.339. The lowest BCUT2D eigenvalue weighted by Crippen LogP contribution is -2.28. The SMILES string of the molecule is Cc1ccc(C2Nc3ccc(C(N)=O)cc3C3C=CCC32)s1. The van der Waals surface area contributed by atoms with Crippen molar-refractivity contribution in [2.24, 2.45) is 11.7 Å². The first kappa shape index (κ1) is 13.6. The molecule has 3 unspecified atom stereocenters. The Hall–Kier alpha value is -2.07. The molecule has 3 atom stereocenters. The lowest BCUT2D eigenvalue weighted by molar-refractivity contribution is 0.1000.